The zero-order valence-electron chi connectivity index (χ0n) is 18.8. The molecule has 1 aromatic heterocycles. The molecule has 4 aromatic rings. The standard InChI is InChI=1S/C25H26FN3O3S.2ClH/c26-20-7-2-1-6-18(20)14-28-13-17-5-3-4-16(12-17)10-11-27-15-22(31)19-8-9-21(30)23-24(19)33-25(32)29-23;;/h1-9,12,22,27-28,30-31H,10-11,13-15H2,(H,29,32);2*1H/t22-;;/m0../s1. The van der Waals surface area contributed by atoms with Gasteiger partial charge in [-0.15, -0.1) is 24.8 Å². The summed E-state index contributed by atoms with van der Waals surface area (Å²) >= 11 is 0.979. The van der Waals surface area contributed by atoms with Crippen molar-refractivity contribution in [1.29, 1.82) is 0 Å². The van der Waals surface area contributed by atoms with Gasteiger partial charge < -0.3 is 25.8 Å². The number of aromatic nitrogens is 1. The molecule has 0 bridgehead atoms. The van der Waals surface area contributed by atoms with E-state index in [4.69, 9.17) is 0 Å². The highest BCUT2D eigenvalue weighted by atomic mass is 35.5. The van der Waals surface area contributed by atoms with Gasteiger partial charge in [0.25, 0.3) is 0 Å². The van der Waals surface area contributed by atoms with Crippen LogP contribution in [0.4, 0.5) is 4.39 Å². The Morgan fingerprint density at radius 1 is 0.971 bits per heavy atom. The minimum absolute atomic E-state index is 0. The van der Waals surface area contributed by atoms with Crippen molar-refractivity contribution in [2.75, 3.05) is 13.1 Å². The highest BCUT2D eigenvalue weighted by Crippen LogP contribution is 2.31. The van der Waals surface area contributed by atoms with Crippen molar-refractivity contribution in [3.63, 3.8) is 0 Å². The SMILES string of the molecule is Cl.Cl.O=c1[nH]c2c(O)ccc([C@@H](O)CNCCc3cccc(CNCc4ccccc4F)c3)c2s1. The molecule has 0 aliphatic carbocycles. The van der Waals surface area contributed by atoms with Crippen molar-refractivity contribution in [2.24, 2.45) is 0 Å². The van der Waals surface area contributed by atoms with Gasteiger partial charge in [0, 0.05) is 30.8 Å². The third kappa shape index (κ3) is 7.51. The number of aliphatic hydroxyl groups is 1. The van der Waals surface area contributed by atoms with Crippen LogP contribution < -0.4 is 15.5 Å². The lowest BCUT2D eigenvalue weighted by Gasteiger charge is -2.14. The lowest BCUT2D eigenvalue weighted by atomic mass is 10.1. The van der Waals surface area contributed by atoms with E-state index in [1.807, 2.05) is 18.2 Å². The predicted octanol–water partition coefficient (Wildman–Crippen LogP) is 4.43. The van der Waals surface area contributed by atoms with E-state index in [-0.39, 0.29) is 41.3 Å². The first kappa shape index (κ1) is 28.8. The summed E-state index contributed by atoms with van der Waals surface area (Å²) in [5.41, 5.74) is 3.91. The highest BCUT2D eigenvalue weighted by Gasteiger charge is 2.15. The molecule has 6 nitrogen and oxygen atoms in total. The molecule has 0 spiro atoms. The Morgan fingerprint density at radius 3 is 2.54 bits per heavy atom. The Bertz CT molecular complexity index is 1300. The van der Waals surface area contributed by atoms with E-state index >= 15 is 0 Å². The van der Waals surface area contributed by atoms with Crippen LogP contribution in [0.5, 0.6) is 5.75 Å². The smallest absolute Gasteiger partial charge is 0.305 e. The fourth-order valence-corrected chi connectivity index (χ4v) is 4.68. The Hall–Kier alpha value is -2.46. The second-order valence-corrected chi connectivity index (χ2v) is 8.86. The average Bonchev–Trinajstić information content (AvgIpc) is 3.21. The van der Waals surface area contributed by atoms with Gasteiger partial charge in [0.2, 0.25) is 0 Å². The van der Waals surface area contributed by atoms with Gasteiger partial charge in [-0.25, -0.2) is 4.39 Å². The summed E-state index contributed by atoms with van der Waals surface area (Å²) in [5.74, 6) is -0.207. The van der Waals surface area contributed by atoms with Crippen molar-refractivity contribution in [2.45, 2.75) is 25.6 Å². The molecule has 188 valence electrons. The number of hydrogen-bond acceptors (Lipinski definition) is 6. The topological polar surface area (TPSA) is 97.4 Å². The average molecular weight is 540 g/mol. The first-order chi connectivity index (χ1) is 16.0. The number of aromatic amines is 1. The summed E-state index contributed by atoms with van der Waals surface area (Å²) in [4.78, 5) is 14.0. The summed E-state index contributed by atoms with van der Waals surface area (Å²) in [6.07, 6.45) is -0.00967. The molecule has 1 atom stereocenters. The van der Waals surface area contributed by atoms with Crippen LogP contribution in [0.25, 0.3) is 10.2 Å². The molecule has 4 rings (SSSR count). The zero-order valence-corrected chi connectivity index (χ0v) is 21.2. The molecule has 0 saturated heterocycles. The second kappa shape index (κ2) is 13.6. The van der Waals surface area contributed by atoms with Crippen LogP contribution in [0.2, 0.25) is 0 Å². The number of H-pyrrole nitrogens is 1. The summed E-state index contributed by atoms with van der Waals surface area (Å²) in [7, 11) is 0. The summed E-state index contributed by atoms with van der Waals surface area (Å²) in [6.45, 7) is 2.12. The van der Waals surface area contributed by atoms with Crippen LogP contribution in [0.1, 0.15) is 28.4 Å². The van der Waals surface area contributed by atoms with Crippen molar-refractivity contribution in [3.8, 4) is 5.75 Å². The van der Waals surface area contributed by atoms with Crippen LogP contribution in [0.3, 0.4) is 0 Å². The van der Waals surface area contributed by atoms with Crippen LogP contribution in [0.15, 0.2) is 65.5 Å². The van der Waals surface area contributed by atoms with Crippen LogP contribution >= 0.6 is 36.2 Å². The number of benzene rings is 3. The summed E-state index contributed by atoms with van der Waals surface area (Å²) in [6, 6.07) is 18.1. The number of halogens is 3. The van der Waals surface area contributed by atoms with Crippen molar-refractivity contribution in [3.05, 3.63) is 98.4 Å². The number of hydrogen-bond donors (Lipinski definition) is 5. The van der Waals surface area contributed by atoms with Gasteiger partial charge in [0.05, 0.1) is 10.8 Å². The van der Waals surface area contributed by atoms with Crippen molar-refractivity contribution >= 4 is 46.4 Å². The number of phenols is 1. The van der Waals surface area contributed by atoms with E-state index < -0.39 is 6.10 Å². The maximum Gasteiger partial charge on any atom is 0.305 e. The molecule has 10 heteroatoms. The molecule has 0 radical (unpaired) electrons. The van der Waals surface area contributed by atoms with Gasteiger partial charge in [0.1, 0.15) is 17.1 Å². The molecule has 0 amide bonds. The van der Waals surface area contributed by atoms with Gasteiger partial charge in [0.15, 0.2) is 0 Å². The molecule has 35 heavy (non-hydrogen) atoms. The lowest BCUT2D eigenvalue weighted by Crippen LogP contribution is -2.24. The van der Waals surface area contributed by atoms with E-state index in [2.05, 4.69) is 27.8 Å². The summed E-state index contributed by atoms with van der Waals surface area (Å²) in [5, 5.41) is 27.0. The Labute approximate surface area is 219 Å². The fourth-order valence-electron chi connectivity index (χ4n) is 3.76. The molecule has 1 heterocycles. The number of rotatable bonds is 10. The number of thiazole rings is 1. The van der Waals surface area contributed by atoms with Gasteiger partial charge in [-0.05, 0) is 36.2 Å². The van der Waals surface area contributed by atoms with Crippen LogP contribution in [-0.2, 0) is 19.5 Å². The molecule has 3 aromatic carbocycles. The minimum Gasteiger partial charge on any atom is -0.506 e. The Morgan fingerprint density at radius 2 is 1.74 bits per heavy atom. The number of aliphatic hydroxyl groups excluding tert-OH is 1. The molecular formula is C25H28Cl2FN3O3S. The first-order valence-electron chi connectivity index (χ1n) is 10.8. The highest BCUT2D eigenvalue weighted by molar-refractivity contribution is 7.16. The molecule has 5 N–H and O–H groups in total. The normalized spacial score (nSPS) is 11.6. The van der Waals surface area contributed by atoms with Crippen molar-refractivity contribution in [1.82, 2.24) is 15.6 Å². The number of aromatic hydroxyl groups is 1. The fraction of sp³-hybridized carbons (Fsp3) is 0.240. The molecule has 0 fully saturated rings. The monoisotopic (exact) mass is 539 g/mol. The Balaban J connectivity index is 0.00000216. The predicted molar refractivity (Wildman–Crippen MR) is 144 cm³/mol. The quantitative estimate of drug-likeness (QED) is 0.192. The molecular weight excluding hydrogens is 512 g/mol. The lowest BCUT2D eigenvalue weighted by molar-refractivity contribution is 0.176. The zero-order chi connectivity index (χ0) is 23.2. The maximum atomic E-state index is 13.7. The molecule has 0 aliphatic heterocycles. The van der Waals surface area contributed by atoms with Gasteiger partial charge in [-0.2, -0.15) is 0 Å². The van der Waals surface area contributed by atoms with E-state index in [9.17, 15) is 19.4 Å². The van der Waals surface area contributed by atoms with Gasteiger partial charge >= 0.3 is 4.87 Å². The van der Waals surface area contributed by atoms with E-state index in [0.717, 1.165) is 28.9 Å². The van der Waals surface area contributed by atoms with E-state index in [1.54, 1.807) is 18.2 Å². The Kier molecular flexibility index (Phi) is 11.2. The van der Waals surface area contributed by atoms with Crippen molar-refractivity contribution < 1.29 is 14.6 Å². The van der Waals surface area contributed by atoms with E-state index in [1.165, 1.54) is 12.1 Å². The van der Waals surface area contributed by atoms with Gasteiger partial charge in [-0.1, -0.05) is 59.9 Å². The molecule has 0 saturated carbocycles. The molecule has 0 aliphatic rings. The minimum atomic E-state index is -0.798. The van der Waals surface area contributed by atoms with Crippen LogP contribution in [0, 0.1) is 5.82 Å². The number of nitrogens with one attached hydrogen (secondary N) is 3. The molecule has 0 unspecified atom stereocenters. The first-order valence-corrected chi connectivity index (χ1v) is 11.6. The maximum absolute atomic E-state index is 13.7. The second-order valence-electron chi connectivity index (χ2n) is 7.88. The third-order valence-electron chi connectivity index (χ3n) is 5.47. The number of phenolic OH excluding ortho intramolecular Hbond substituents is 1. The van der Waals surface area contributed by atoms with Crippen LogP contribution in [-0.4, -0.2) is 28.3 Å². The third-order valence-corrected chi connectivity index (χ3v) is 6.40. The van der Waals surface area contributed by atoms with Gasteiger partial charge in [-0.3, -0.25) is 4.79 Å². The largest absolute Gasteiger partial charge is 0.506 e. The summed E-state index contributed by atoms with van der Waals surface area (Å²) < 4.78 is 14.3. The van der Waals surface area contributed by atoms with E-state index in [0.29, 0.717) is 47.5 Å². The number of fused-ring (bicyclic) bond motifs is 1.